The molecule has 15 heavy (non-hydrogen) atoms. The van der Waals surface area contributed by atoms with Crippen molar-refractivity contribution in [3.8, 4) is 0 Å². The van der Waals surface area contributed by atoms with E-state index in [4.69, 9.17) is 0 Å². The molecule has 82 valence electrons. The highest BCUT2D eigenvalue weighted by Gasteiger charge is 2.07. The van der Waals surface area contributed by atoms with Crippen LogP contribution in [0.2, 0.25) is 0 Å². The molecule has 6 heteroatoms. The molecule has 0 aliphatic rings. The Balaban J connectivity index is 2.92. The molecule has 0 saturated carbocycles. The van der Waals surface area contributed by atoms with Crippen molar-refractivity contribution >= 4 is 21.8 Å². The summed E-state index contributed by atoms with van der Waals surface area (Å²) in [6, 6.07) is 0. The summed E-state index contributed by atoms with van der Waals surface area (Å²) in [5, 5.41) is 2.61. The second kappa shape index (κ2) is 5.06. The molecule has 0 aliphatic heterocycles. The predicted molar refractivity (Wildman–Crippen MR) is 59.6 cm³/mol. The number of nitrogens with one attached hydrogen (secondary N) is 1. The number of hydrogen-bond acceptors (Lipinski definition) is 3. The number of aromatic nitrogens is 2. The molecule has 0 aliphatic carbocycles. The van der Waals surface area contributed by atoms with E-state index in [9.17, 15) is 9.59 Å². The summed E-state index contributed by atoms with van der Waals surface area (Å²) in [4.78, 5) is 26.9. The van der Waals surface area contributed by atoms with E-state index in [2.05, 4.69) is 26.2 Å². The second-order valence-electron chi connectivity index (χ2n) is 3.03. The highest BCUT2D eigenvalue weighted by Crippen LogP contribution is 2.05. The molecule has 1 heterocycles. The number of aryl methyl sites for hydroxylation is 1. The van der Waals surface area contributed by atoms with Gasteiger partial charge < -0.3 is 5.32 Å². The molecule has 1 N–H and O–H groups in total. The first-order chi connectivity index (χ1) is 7.06. The van der Waals surface area contributed by atoms with Crippen molar-refractivity contribution < 1.29 is 4.79 Å². The number of nitrogens with zero attached hydrogens (tertiary/aromatic N) is 2. The van der Waals surface area contributed by atoms with E-state index in [-0.39, 0.29) is 18.0 Å². The zero-order valence-electron chi connectivity index (χ0n) is 8.58. The topological polar surface area (TPSA) is 64.0 Å². The number of hydrogen-bond donors (Lipinski definition) is 1. The van der Waals surface area contributed by atoms with Crippen molar-refractivity contribution in [2.75, 3.05) is 6.54 Å². The standard InChI is InChI=1S/C9H12BrN3O2/c1-3-11-7(14)4-13-5-12-6(2)8(10)9(13)15/h5H,3-4H2,1-2H3,(H,11,14). The number of carbonyl (C=O) groups is 1. The zero-order chi connectivity index (χ0) is 11.4. The molecule has 0 saturated heterocycles. The normalized spacial score (nSPS) is 10.1. The van der Waals surface area contributed by atoms with Crippen LogP contribution in [0.3, 0.4) is 0 Å². The fraction of sp³-hybridized carbons (Fsp3) is 0.444. The fourth-order valence-electron chi connectivity index (χ4n) is 1.07. The van der Waals surface area contributed by atoms with Crippen LogP contribution in [0.4, 0.5) is 0 Å². The van der Waals surface area contributed by atoms with Gasteiger partial charge >= 0.3 is 0 Å². The van der Waals surface area contributed by atoms with Crippen LogP contribution in [-0.4, -0.2) is 22.0 Å². The van der Waals surface area contributed by atoms with Crippen LogP contribution in [0.15, 0.2) is 15.6 Å². The van der Waals surface area contributed by atoms with Crippen molar-refractivity contribution in [1.29, 1.82) is 0 Å². The summed E-state index contributed by atoms with van der Waals surface area (Å²) in [5.41, 5.74) is 0.376. The lowest BCUT2D eigenvalue weighted by Gasteiger charge is -2.06. The monoisotopic (exact) mass is 273 g/mol. The van der Waals surface area contributed by atoms with Gasteiger partial charge in [-0.3, -0.25) is 14.2 Å². The zero-order valence-corrected chi connectivity index (χ0v) is 10.2. The number of carbonyl (C=O) groups excluding carboxylic acids is 1. The highest BCUT2D eigenvalue weighted by atomic mass is 79.9. The van der Waals surface area contributed by atoms with E-state index in [1.165, 1.54) is 10.9 Å². The average Bonchev–Trinajstić information content (AvgIpc) is 2.20. The molecule has 0 atom stereocenters. The molecule has 1 aromatic heterocycles. The SMILES string of the molecule is CCNC(=O)Cn1cnc(C)c(Br)c1=O. The highest BCUT2D eigenvalue weighted by molar-refractivity contribution is 9.10. The smallest absolute Gasteiger partial charge is 0.268 e. The van der Waals surface area contributed by atoms with Gasteiger partial charge in [0.15, 0.2) is 0 Å². The molecule has 1 amide bonds. The van der Waals surface area contributed by atoms with E-state index in [0.29, 0.717) is 16.7 Å². The summed E-state index contributed by atoms with van der Waals surface area (Å²) < 4.78 is 1.66. The van der Waals surface area contributed by atoms with Crippen LogP contribution in [0.5, 0.6) is 0 Å². The Bertz CT molecular complexity index is 428. The molecule has 0 bridgehead atoms. The summed E-state index contributed by atoms with van der Waals surface area (Å²) in [6.07, 6.45) is 1.37. The van der Waals surface area contributed by atoms with Gasteiger partial charge in [0.1, 0.15) is 11.0 Å². The average molecular weight is 274 g/mol. The van der Waals surface area contributed by atoms with Crippen molar-refractivity contribution in [3.63, 3.8) is 0 Å². The van der Waals surface area contributed by atoms with Gasteiger partial charge in [0.05, 0.1) is 12.0 Å². The maximum absolute atomic E-state index is 11.6. The van der Waals surface area contributed by atoms with Crippen LogP contribution in [-0.2, 0) is 11.3 Å². The Morgan fingerprint density at radius 2 is 2.33 bits per heavy atom. The van der Waals surface area contributed by atoms with Crippen LogP contribution < -0.4 is 10.9 Å². The van der Waals surface area contributed by atoms with Gasteiger partial charge in [-0.2, -0.15) is 0 Å². The number of halogens is 1. The maximum Gasteiger partial charge on any atom is 0.268 e. The van der Waals surface area contributed by atoms with E-state index >= 15 is 0 Å². The minimum absolute atomic E-state index is 0.00144. The van der Waals surface area contributed by atoms with Crippen molar-refractivity contribution in [3.05, 3.63) is 26.8 Å². The molecule has 0 fully saturated rings. The number of amides is 1. The third kappa shape index (κ3) is 2.89. The third-order valence-corrected chi connectivity index (χ3v) is 2.76. The lowest BCUT2D eigenvalue weighted by molar-refractivity contribution is -0.121. The van der Waals surface area contributed by atoms with Crippen LogP contribution in [0.1, 0.15) is 12.6 Å². The van der Waals surface area contributed by atoms with Gasteiger partial charge in [-0.25, -0.2) is 4.98 Å². The van der Waals surface area contributed by atoms with E-state index in [1.54, 1.807) is 6.92 Å². The summed E-state index contributed by atoms with van der Waals surface area (Å²) in [7, 11) is 0. The van der Waals surface area contributed by atoms with Gasteiger partial charge in [0.2, 0.25) is 5.91 Å². The Morgan fingerprint density at radius 1 is 1.67 bits per heavy atom. The Kier molecular flexibility index (Phi) is 4.02. The first-order valence-electron chi connectivity index (χ1n) is 4.54. The largest absolute Gasteiger partial charge is 0.355 e. The van der Waals surface area contributed by atoms with Crippen LogP contribution in [0, 0.1) is 6.92 Å². The quantitative estimate of drug-likeness (QED) is 0.870. The molecule has 5 nitrogen and oxygen atoms in total. The van der Waals surface area contributed by atoms with E-state index in [0.717, 1.165) is 0 Å². The lowest BCUT2D eigenvalue weighted by Crippen LogP contribution is -2.32. The van der Waals surface area contributed by atoms with Crippen LogP contribution >= 0.6 is 15.9 Å². The van der Waals surface area contributed by atoms with Gasteiger partial charge in [0.25, 0.3) is 5.56 Å². The van der Waals surface area contributed by atoms with Crippen molar-refractivity contribution in [2.24, 2.45) is 0 Å². The fourth-order valence-corrected chi connectivity index (χ4v) is 1.40. The third-order valence-electron chi connectivity index (χ3n) is 1.84. The summed E-state index contributed by atoms with van der Waals surface area (Å²) in [6.45, 7) is 4.10. The Hall–Kier alpha value is -1.17. The molecule has 1 aromatic rings. The molecule has 0 radical (unpaired) electrons. The minimum atomic E-state index is -0.242. The summed E-state index contributed by atoms with van der Waals surface area (Å²) >= 11 is 3.13. The molecular formula is C9H12BrN3O2. The number of likely N-dealkylation sites (N-methyl/N-ethyl adjacent to an activating group) is 1. The van der Waals surface area contributed by atoms with Crippen LogP contribution in [0.25, 0.3) is 0 Å². The van der Waals surface area contributed by atoms with E-state index in [1.807, 2.05) is 6.92 Å². The first kappa shape index (κ1) is 11.9. The summed E-state index contributed by atoms with van der Waals surface area (Å²) in [5.74, 6) is -0.197. The molecule has 0 unspecified atom stereocenters. The second-order valence-corrected chi connectivity index (χ2v) is 3.82. The number of rotatable bonds is 3. The van der Waals surface area contributed by atoms with Crippen molar-refractivity contribution in [1.82, 2.24) is 14.9 Å². The van der Waals surface area contributed by atoms with Gasteiger partial charge in [-0.1, -0.05) is 0 Å². The van der Waals surface area contributed by atoms with E-state index < -0.39 is 0 Å². The lowest BCUT2D eigenvalue weighted by atomic mass is 10.4. The van der Waals surface area contributed by atoms with Gasteiger partial charge in [-0.15, -0.1) is 0 Å². The Labute approximate surface area is 95.6 Å². The molecule has 1 rings (SSSR count). The predicted octanol–water partition coefficient (Wildman–Crippen LogP) is 0.450. The maximum atomic E-state index is 11.6. The van der Waals surface area contributed by atoms with Crippen molar-refractivity contribution in [2.45, 2.75) is 20.4 Å². The molecular weight excluding hydrogens is 262 g/mol. The Morgan fingerprint density at radius 3 is 2.93 bits per heavy atom. The molecule has 0 spiro atoms. The first-order valence-corrected chi connectivity index (χ1v) is 5.33. The molecule has 0 aromatic carbocycles. The van der Waals surface area contributed by atoms with Gasteiger partial charge in [-0.05, 0) is 29.8 Å². The van der Waals surface area contributed by atoms with Gasteiger partial charge in [0, 0.05) is 6.54 Å². The minimum Gasteiger partial charge on any atom is -0.355 e.